The monoisotopic (exact) mass is 177 g/mol. The SMILES string of the molecule is C#CC(Cn1nc(C)cc1C)NC. The second-order valence-corrected chi connectivity index (χ2v) is 3.12. The maximum atomic E-state index is 5.33. The third-order valence-corrected chi connectivity index (χ3v) is 2.01. The van der Waals surface area contributed by atoms with E-state index in [1.807, 2.05) is 31.6 Å². The van der Waals surface area contributed by atoms with Gasteiger partial charge in [-0.1, -0.05) is 5.92 Å². The fraction of sp³-hybridized carbons (Fsp3) is 0.500. The summed E-state index contributed by atoms with van der Waals surface area (Å²) in [5, 5.41) is 7.37. The van der Waals surface area contributed by atoms with Gasteiger partial charge in [-0.3, -0.25) is 4.68 Å². The summed E-state index contributed by atoms with van der Waals surface area (Å²) in [5.41, 5.74) is 2.18. The number of nitrogens with one attached hydrogen (secondary N) is 1. The van der Waals surface area contributed by atoms with E-state index in [2.05, 4.69) is 16.3 Å². The second kappa shape index (κ2) is 4.11. The highest BCUT2D eigenvalue weighted by atomic mass is 15.3. The maximum Gasteiger partial charge on any atom is 0.0883 e. The van der Waals surface area contributed by atoms with Gasteiger partial charge < -0.3 is 5.32 Å². The first-order chi connectivity index (χ1) is 6.17. The Morgan fingerprint density at radius 2 is 2.38 bits per heavy atom. The predicted molar refractivity (Wildman–Crippen MR) is 53.4 cm³/mol. The van der Waals surface area contributed by atoms with E-state index in [4.69, 9.17) is 6.42 Å². The first kappa shape index (κ1) is 9.82. The summed E-state index contributed by atoms with van der Waals surface area (Å²) in [6.45, 7) is 4.74. The molecule has 0 radical (unpaired) electrons. The number of aromatic nitrogens is 2. The Balaban J connectivity index is 2.74. The zero-order valence-electron chi connectivity index (χ0n) is 8.33. The van der Waals surface area contributed by atoms with Crippen molar-refractivity contribution in [1.82, 2.24) is 15.1 Å². The molecule has 1 aromatic heterocycles. The quantitative estimate of drug-likeness (QED) is 0.689. The van der Waals surface area contributed by atoms with Crippen molar-refractivity contribution in [3.8, 4) is 12.3 Å². The van der Waals surface area contributed by atoms with Crippen molar-refractivity contribution in [2.75, 3.05) is 7.05 Å². The number of rotatable bonds is 3. The fourth-order valence-electron chi connectivity index (χ4n) is 1.26. The standard InChI is InChI=1S/C10H15N3/c1-5-10(11-4)7-13-9(3)6-8(2)12-13/h1,6,10-11H,7H2,2-4H3. The molecule has 1 rings (SSSR count). The van der Waals surface area contributed by atoms with Gasteiger partial charge in [0.25, 0.3) is 0 Å². The summed E-state index contributed by atoms with van der Waals surface area (Å²) in [7, 11) is 1.86. The molecule has 0 aromatic carbocycles. The van der Waals surface area contributed by atoms with Crippen LogP contribution in [0.1, 0.15) is 11.4 Å². The molecular weight excluding hydrogens is 162 g/mol. The first-order valence-electron chi connectivity index (χ1n) is 4.32. The van der Waals surface area contributed by atoms with E-state index in [9.17, 15) is 0 Å². The molecule has 13 heavy (non-hydrogen) atoms. The van der Waals surface area contributed by atoms with Gasteiger partial charge in [0.05, 0.1) is 18.3 Å². The van der Waals surface area contributed by atoms with E-state index >= 15 is 0 Å². The molecule has 0 aliphatic heterocycles. The molecule has 0 saturated carbocycles. The molecule has 1 unspecified atom stereocenters. The van der Waals surface area contributed by atoms with Gasteiger partial charge in [-0.2, -0.15) is 5.10 Å². The molecule has 1 atom stereocenters. The molecule has 1 aromatic rings. The molecule has 0 aliphatic carbocycles. The van der Waals surface area contributed by atoms with Gasteiger partial charge in [-0.25, -0.2) is 0 Å². The molecule has 0 bridgehead atoms. The Hall–Kier alpha value is -1.27. The van der Waals surface area contributed by atoms with Crippen LogP contribution in [-0.2, 0) is 6.54 Å². The summed E-state index contributed by atoms with van der Waals surface area (Å²) in [5.74, 6) is 2.66. The van der Waals surface area contributed by atoms with Crippen LogP contribution in [0.25, 0.3) is 0 Å². The Kier molecular flexibility index (Phi) is 3.10. The van der Waals surface area contributed by atoms with Crippen molar-refractivity contribution in [2.45, 2.75) is 26.4 Å². The van der Waals surface area contributed by atoms with Gasteiger partial charge in [0.2, 0.25) is 0 Å². The molecule has 0 fully saturated rings. The highest BCUT2D eigenvalue weighted by Crippen LogP contribution is 2.02. The zero-order valence-corrected chi connectivity index (χ0v) is 8.33. The van der Waals surface area contributed by atoms with E-state index < -0.39 is 0 Å². The molecule has 0 amide bonds. The maximum absolute atomic E-state index is 5.33. The van der Waals surface area contributed by atoms with E-state index in [0.29, 0.717) is 0 Å². The molecule has 70 valence electrons. The van der Waals surface area contributed by atoms with Gasteiger partial charge >= 0.3 is 0 Å². The van der Waals surface area contributed by atoms with Crippen LogP contribution in [0.4, 0.5) is 0 Å². The molecule has 1 heterocycles. The molecule has 0 aliphatic rings. The van der Waals surface area contributed by atoms with E-state index in [0.717, 1.165) is 17.9 Å². The Morgan fingerprint density at radius 3 is 2.77 bits per heavy atom. The molecule has 3 heteroatoms. The zero-order chi connectivity index (χ0) is 9.84. The van der Waals surface area contributed by atoms with Crippen molar-refractivity contribution < 1.29 is 0 Å². The van der Waals surface area contributed by atoms with Crippen molar-refractivity contribution >= 4 is 0 Å². The van der Waals surface area contributed by atoms with Crippen LogP contribution >= 0.6 is 0 Å². The topological polar surface area (TPSA) is 29.9 Å². The lowest BCUT2D eigenvalue weighted by molar-refractivity contribution is 0.514. The van der Waals surface area contributed by atoms with E-state index in [1.54, 1.807) is 0 Å². The number of nitrogens with zero attached hydrogens (tertiary/aromatic N) is 2. The van der Waals surface area contributed by atoms with E-state index in [-0.39, 0.29) is 6.04 Å². The number of terminal acetylenes is 1. The molecule has 1 N–H and O–H groups in total. The third kappa shape index (κ3) is 2.33. The highest BCUT2D eigenvalue weighted by Gasteiger charge is 2.05. The van der Waals surface area contributed by atoms with Gasteiger partial charge in [-0.15, -0.1) is 6.42 Å². The van der Waals surface area contributed by atoms with Crippen molar-refractivity contribution in [1.29, 1.82) is 0 Å². The van der Waals surface area contributed by atoms with Crippen LogP contribution in [0.5, 0.6) is 0 Å². The summed E-state index contributed by atoms with van der Waals surface area (Å²) >= 11 is 0. The smallest absolute Gasteiger partial charge is 0.0883 e. The largest absolute Gasteiger partial charge is 0.305 e. The van der Waals surface area contributed by atoms with Crippen molar-refractivity contribution in [3.05, 3.63) is 17.5 Å². The van der Waals surface area contributed by atoms with Crippen LogP contribution < -0.4 is 5.32 Å². The highest BCUT2D eigenvalue weighted by molar-refractivity contribution is 5.08. The lowest BCUT2D eigenvalue weighted by Crippen LogP contribution is -2.29. The number of hydrogen-bond donors (Lipinski definition) is 1. The van der Waals surface area contributed by atoms with Crippen molar-refractivity contribution in [2.24, 2.45) is 0 Å². The third-order valence-electron chi connectivity index (χ3n) is 2.01. The summed E-state index contributed by atoms with van der Waals surface area (Å²) in [6, 6.07) is 2.10. The van der Waals surface area contributed by atoms with Gasteiger partial charge in [0.15, 0.2) is 0 Å². The van der Waals surface area contributed by atoms with Crippen LogP contribution in [0, 0.1) is 26.2 Å². The average molecular weight is 177 g/mol. The van der Waals surface area contributed by atoms with Crippen LogP contribution in [-0.4, -0.2) is 22.9 Å². The Morgan fingerprint density at radius 1 is 1.69 bits per heavy atom. The lowest BCUT2D eigenvalue weighted by Gasteiger charge is -2.10. The van der Waals surface area contributed by atoms with Crippen LogP contribution in [0.3, 0.4) is 0 Å². The molecule has 0 spiro atoms. The number of likely N-dealkylation sites (N-methyl/N-ethyl adjacent to an activating group) is 1. The first-order valence-corrected chi connectivity index (χ1v) is 4.32. The minimum Gasteiger partial charge on any atom is -0.305 e. The number of aryl methyl sites for hydroxylation is 2. The normalized spacial score (nSPS) is 12.5. The molecule has 0 saturated heterocycles. The summed E-state index contributed by atoms with van der Waals surface area (Å²) in [4.78, 5) is 0. The summed E-state index contributed by atoms with van der Waals surface area (Å²) < 4.78 is 1.93. The average Bonchev–Trinajstić information content (AvgIpc) is 2.41. The predicted octanol–water partition coefficient (Wildman–Crippen LogP) is 0.721. The number of hydrogen-bond acceptors (Lipinski definition) is 2. The minimum absolute atomic E-state index is 0.0537. The van der Waals surface area contributed by atoms with Gasteiger partial charge in [-0.05, 0) is 27.0 Å². The fourth-order valence-corrected chi connectivity index (χ4v) is 1.26. The lowest BCUT2D eigenvalue weighted by atomic mass is 10.3. The van der Waals surface area contributed by atoms with Crippen LogP contribution in [0.2, 0.25) is 0 Å². The minimum atomic E-state index is 0.0537. The van der Waals surface area contributed by atoms with Crippen molar-refractivity contribution in [3.63, 3.8) is 0 Å². The van der Waals surface area contributed by atoms with E-state index in [1.165, 1.54) is 0 Å². The second-order valence-electron chi connectivity index (χ2n) is 3.12. The molecule has 3 nitrogen and oxygen atoms in total. The Labute approximate surface area is 79.1 Å². The van der Waals surface area contributed by atoms with Gasteiger partial charge in [0, 0.05) is 5.69 Å². The van der Waals surface area contributed by atoms with Crippen LogP contribution in [0.15, 0.2) is 6.07 Å². The van der Waals surface area contributed by atoms with Gasteiger partial charge in [0.1, 0.15) is 0 Å². The molecular formula is C10H15N3. The summed E-state index contributed by atoms with van der Waals surface area (Å²) in [6.07, 6.45) is 5.33. The Bertz CT molecular complexity index is 319.